The van der Waals surface area contributed by atoms with E-state index in [4.69, 9.17) is 0 Å². The highest BCUT2D eigenvalue weighted by Crippen LogP contribution is 2.51. The van der Waals surface area contributed by atoms with E-state index in [2.05, 4.69) is 216 Å². The number of hydrogen-bond acceptors (Lipinski definition) is 1. The first-order chi connectivity index (χ1) is 29.5. The summed E-state index contributed by atoms with van der Waals surface area (Å²) in [4.78, 5) is 2.45. The Labute approximate surface area is 351 Å². The van der Waals surface area contributed by atoms with Gasteiger partial charge >= 0.3 is 0 Å². The van der Waals surface area contributed by atoms with Gasteiger partial charge in [0.15, 0.2) is 0 Å². The molecule has 3 aliphatic rings. The third-order valence-electron chi connectivity index (χ3n) is 13.5. The molecule has 3 heteroatoms. The normalized spacial score (nSPS) is 15.2. The molecule has 9 aromatic rings. The molecule has 0 radical (unpaired) electrons. The van der Waals surface area contributed by atoms with E-state index >= 15 is 0 Å². The molecule has 0 N–H and O–H groups in total. The van der Waals surface area contributed by atoms with E-state index in [9.17, 15) is 0 Å². The van der Waals surface area contributed by atoms with Crippen LogP contribution in [-0.4, -0.2) is 9.13 Å². The maximum Gasteiger partial charge on any atom is 0.0542 e. The van der Waals surface area contributed by atoms with E-state index in [1.165, 1.54) is 77.5 Å². The minimum atomic E-state index is 0.0386. The zero-order chi connectivity index (χ0) is 40.0. The van der Waals surface area contributed by atoms with Crippen LogP contribution in [0.25, 0.3) is 66.9 Å². The molecule has 0 atom stereocenters. The molecule has 60 heavy (non-hydrogen) atoms. The fraction of sp³-hybridized carbons (Fsp3) is 0.123. The summed E-state index contributed by atoms with van der Waals surface area (Å²) < 4.78 is 4.87. The van der Waals surface area contributed by atoms with Gasteiger partial charge < -0.3 is 14.0 Å². The number of fused-ring (bicyclic) bond motifs is 8. The molecule has 0 saturated carbocycles. The van der Waals surface area contributed by atoms with Crippen LogP contribution < -0.4 is 4.90 Å². The quantitative estimate of drug-likeness (QED) is 0.164. The highest BCUT2D eigenvalue weighted by Gasteiger charge is 2.37. The largest absolute Gasteiger partial charge is 0.313 e. The number of aromatic nitrogens is 2. The number of nitrogens with zero attached hydrogens (tertiary/aromatic N) is 3. The summed E-state index contributed by atoms with van der Waals surface area (Å²) >= 11 is 0. The number of anilines is 3. The second-order valence-electron chi connectivity index (χ2n) is 17.2. The molecular formula is C57H45N3. The molecule has 2 heterocycles. The zero-order valence-electron chi connectivity index (χ0n) is 34.1. The lowest BCUT2D eigenvalue weighted by atomic mass is 9.78. The van der Waals surface area contributed by atoms with Crippen molar-refractivity contribution < 1.29 is 0 Å². The number of benzene rings is 7. The molecular weight excluding hydrogens is 727 g/mol. The maximum atomic E-state index is 2.47. The van der Waals surface area contributed by atoms with Crippen molar-refractivity contribution in [1.82, 2.24) is 9.13 Å². The molecule has 0 saturated heterocycles. The molecule has 0 unspecified atom stereocenters. The van der Waals surface area contributed by atoms with Crippen molar-refractivity contribution in [3.63, 3.8) is 0 Å². The van der Waals surface area contributed by atoms with Crippen molar-refractivity contribution in [3.05, 3.63) is 210 Å². The lowest BCUT2D eigenvalue weighted by Gasteiger charge is -2.27. The van der Waals surface area contributed by atoms with E-state index in [-0.39, 0.29) is 5.41 Å². The van der Waals surface area contributed by atoms with Gasteiger partial charge in [0.1, 0.15) is 0 Å². The molecule has 2 aromatic heterocycles. The lowest BCUT2D eigenvalue weighted by Crippen LogP contribution is -2.17. The second kappa shape index (κ2) is 13.5. The van der Waals surface area contributed by atoms with Crippen molar-refractivity contribution in [2.24, 2.45) is 0 Å². The van der Waals surface area contributed by atoms with Crippen LogP contribution in [0, 0.1) is 0 Å². The first-order valence-corrected chi connectivity index (χ1v) is 21.5. The average molecular weight is 772 g/mol. The van der Waals surface area contributed by atoms with Gasteiger partial charge in [0, 0.05) is 61.3 Å². The topological polar surface area (TPSA) is 13.1 Å². The van der Waals surface area contributed by atoms with Crippen LogP contribution in [0.15, 0.2) is 188 Å². The van der Waals surface area contributed by atoms with Gasteiger partial charge in [0.25, 0.3) is 0 Å². The summed E-state index contributed by atoms with van der Waals surface area (Å²) in [7, 11) is 0. The van der Waals surface area contributed by atoms with Crippen molar-refractivity contribution in [1.29, 1.82) is 0 Å². The maximum absolute atomic E-state index is 2.47. The molecule has 288 valence electrons. The standard InChI is InChI=1S/C57H45N3/c1-57(2)51-22-12-9-19-45(51)46-32-27-39(35-52(46)57)38-25-28-42(29-26-38)58(43-30-33-55-49(36-43)47-20-10-13-23-53(47)59(55)40-15-5-3-6-16-40)44-31-34-56-50(37-44)48-21-11-14-24-54(48)60(56)41-17-7-4-8-18-41/h3-11,13,15-21,23,25-37H,12,14,22,24H2,1-2H3. The van der Waals surface area contributed by atoms with Crippen molar-refractivity contribution in [3.8, 4) is 22.5 Å². The molecule has 0 fully saturated rings. The zero-order valence-corrected chi connectivity index (χ0v) is 34.1. The molecule has 0 aliphatic heterocycles. The highest BCUT2D eigenvalue weighted by atomic mass is 15.1. The minimum absolute atomic E-state index is 0.0386. The van der Waals surface area contributed by atoms with E-state index in [1.54, 1.807) is 5.57 Å². The summed E-state index contributed by atoms with van der Waals surface area (Å²) in [6.07, 6.45) is 13.7. The SMILES string of the molecule is CC1(C)C2=C(C=CCC2)c2ccc(-c3ccc(N(c4ccc5c(c4)c4c(n5-c5ccccc5)CCC=C4)c4ccc5c(c4)c4ccccc4n5-c4ccccc4)cc3)cc21. The Hall–Kier alpha value is -7.10. The van der Waals surface area contributed by atoms with Gasteiger partial charge in [-0.1, -0.05) is 123 Å². The van der Waals surface area contributed by atoms with E-state index in [1.807, 2.05) is 0 Å². The number of hydrogen-bond donors (Lipinski definition) is 0. The Kier molecular flexibility index (Phi) is 7.84. The van der Waals surface area contributed by atoms with Crippen molar-refractivity contribution in [2.75, 3.05) is 4.90 Å². The Bertz CT molecular complexity index is 3260. The van der Waals surface area contributed by atoms with Crippen molar-refractivity contribution >= 4 is 61.4 Å². The molecule has 12 rings (SSSR count). The van der Waals surface area contributed by atoms with Crippen LogP contribution in [0.5, 0.6) is 0 Å². The van der Waals surface area contributed by atoms with E-state index in [0.717, 1.165) is 48.4 Å². The van der Waals surface area contributed by atoms with E-state index < -0.39 is 0 Å². The Morgan fingerprint density at radius 3 is 1.85 bits per heavy atom. The van der Waals surface area contributed by atoms with Gasteiger partial charge in [-0.15, -0.1) is 0 Å². The molecule has 3 nitrogen and oxygen atoms in total. The second-order valence-corrected chi connectivity index (χ2v) is 17.2. The average Bonchev–Trinajstić information content (AvgIpc) is 3.90. The van der Waals surface area contributed by atoms with Crippen LogP contribution in [0.1, 0.15) is 55.5 Å². The Morgan fingerprint density at radius 1 is 0.483 bits per heavy atom. The first-order valence-electron chi connectivity index (χ1n) is 21.5. The van der Waals surface area contributed by atoms with Gasteiger partial charge in [0.05, 0.1) is 16.6 Å². The monoisotopic (exact) mass is 771 g/mol. The number of allylic oxidation sites excluding steroid dienone is 5. The Morgan fingerprint density at radius 2 is 1.08 bits per heavy atom. The summed E-state index contributed by atoms with van der Waals surface area (Å²) in [5.41, 5.74) is 20.5. The number of para-hydroxylation sites is 3. The van der Waals surface area contributed by atoms with Crippen LogP contribution in [0.3, 0.4) is 0 Å². The molecule has 7 aromatic carbocycles. The fourth-order valence-electron chi connectivity index (χ4n) is 10.6. The molecule has 3 aliphatic carbocycles. The summed E-state index contributed by atoms with van der Waals surface area (Å²) in [5.74, 6) is 0. The highest BCUT2D eigenvalue weighted by molar-refractivity contribution is 6.11. The Balaban J connectivity index is 1.02. The van der Waals surface area contributed by atoms with Crippen molar-refractivity contribution in [2.45, 2.75) is 44.9 Å². The van der Waals surface area contributed by atoms with Gasteiger partial charge in [0.2, 0.25) is 0 Å². The van der Waals surface area contributed by atoms with Crippen LogP contribution >= 0.6 is 0 Å². The summed E-state index contributed by atoms with van der Waals surface area (Å²) in [6, 6.07) is 60.8. The smallest absolute Gasteiger partial charge is 0.0542 e. The van der Waals surface area contributed by atoms with Crippen LogP contribution in [0.4, 0.5) is 17.1 Å². The lowest BCUT2D eigenvalue weighted by molar-refractivity contribution is 0.607. The molecule has 0 bridgehead atoms. The van der Waals surface area contributed by atoms with Crippen LogP contribution in [0.2, 0.25) is 0 Å². The van der Waals surface area contributed by atoms with Gasteiger partial charge in [-0.05, 0) is 138 Å². The molecule has 0 spiro atoms. The van der Waals surface area contributed by atoms with E-state index in [0.29, 0.717) is 0 Å². The van der Waals surface area contributed by atoms with Gasteiger partial charge in [-0.2, -0.15) is 0 Å². The summed E-state index contributed by atoms with van der Waals surface area (Å²) in [5, 5.41) is 3.75. The molecule has 0 amide bonds. The third kappa shape index (κ3) is 5.28. The van der Waals surface area contributed by atoms with Crippen LogP contribution in [-0.2, 0) is 11.8 Å². The summed E-state index contributed by atoms with van der Waals surface area (Å²) in [6.45, 7) is 4.81. The third-order valence-corrected chi connectivity index (χ3v) is 13.5. The predicted molar refractivity (Wildman–Crippen MR) is 253 cm³/mol. The van der Waals surface area contributed by atoms with Gasteiger partial charge in [-0.3, -0.25) is 0 Å². The van der Waals surface area contributed by atoms with Gasteiger partial charge in [-0.25, -0.2) is 0 Å². The number of rotatable bonds is 6. The minimum Gasteiger partial charge on any atom is -0.313 e. The first kappa shape index (κ1) is 34.9. The predicted octanol–water partition coefficient (Wildman–Crippen LogP) is 15.2. The fourth-order valence-corrected chi connectivity index (χ4v) is 10.6.